The summed E-state index contributed by atoms with van der Waals surface area (Å²) in [5, 5.41) is 11.3. The number of halogens is 1. The van der Waals surface area contributed by atoms with Crippen LogP contribution in [-0.2, 0) is 0 Å². The van der Waals surface area contributed by atoms with Gasteiger partial charge in [0, 0.05) is 5.02 Å². The van der Waals surface area contributed by atoms with Crippen molar-refractivity contribution in [3.8, 4) is 0 Å². The van der Waals surface area contributed by atoms with Gasteiger partial charge in [-0.15, -0.1) is 0 Å². The highest BCUT2D eigenvalue weighted by Crippen LogP contribution is 2.27. The second-order valence-electron chi connectivity index (χ2n) is 6.79. The van der Waals surface area contributed by atoms with Crippen molar-refractivity contribution in [2.45, 2.75) is 0 Å². The van der Waals surface area contributed by atoms with Crippen LogP contribution < -0.4 is 16.2 Å². The molecule has 4 aromatic rings. The summed E-state index contributed by atoms with van der Waals surface area (Å²) in [6.45, 7) is 0. The average Bonchev–Trinajstić information content (AvgIpc) is 3.54. The number of hydrogen-bond acceptors (Lipinski definition) is 7. The number of benzene rings is 2. The Bertz CT molecular complexity index is 1330. The molecule has 0 radical (unpaired) electrons. The molecule has 0 aliphatic rings. The summed E-state index contributed by atoms with van der Waals surface area (Å²) in [6.07, 6.45) is 5.77. The second-order valence-corrected chi connectivity index (χ2v) is 7.23. The number of hydrogen-bond donors (Lipinski definition) is 3. The SMILES string of the molecule is O=C(N/N=C/c1ccco1)c1ccccc1Nc1cc(Cl)ccc1C(=O)N/N=C/c1ccco1. The molecule has 0 aliphatic carbocycles. The number of furan rings is 2. The Morgan fingerprint density at radius 2 is 1.32 bits per heavy atom. The van der Waals surface area contributed by atoms with E-state index >= 15 is 0 Å². The average molecular weight is 476 g/mol. The number of para-hydroxylation sites is 1. The van der Waals surface area contributed by atoms with E-state index in [1.807, 2.05) is 0 Å². The van der Waals surface area contributed by atoms with E-state index in [1.165, 1.54) is 25.0 Å². The van der Waals surface area contributed by atoms with Gasteiger partial charge in [-0.3, -0.25) is 9.59 Å². The van der Waals surface area contributed by atoms with Gasteiger partial charge >= 0.3 is 0 Å². The van der Waals surface area contributed by atoms with Gasteiger partial charge in [0.25, 0.3) is 11.8 Å². The molecule has 0 spiro atoms. The molecule has 2 aromatic carbocycles. The van der Waals surface area contributed by atoms with Gasteiger partial charge in [-0.05, 0) is 54.6 Å². The number of nitrogens with one attached hydrogen (secondary N) is 3. The van der Waals surface area contributed by atoms with Gasteiger partial charge in [0.2, 0.25) is 0 Å². The Kier molecular flexibility index (Phi) is 7.16. The normalized spacial score (nSPS) is 11.1. The predicted octanol–water partition coefficient (Wildman–Crippen LogP) is 4.80. The van der Waals surface area contributed by atoms with Gasteiger partial charge < -0.3 is 14.2 Å². The minimum Gasteiger partial charge on any atom is -0.463 e. The van der Waals surface area contributed by atoms with Crippen LogP contribution in [-0.4, -0.2) is 24.2 Å². The number of hydrazone groups is 2. The van der Waals surface area contributed by atoms with Crippen molar-refractivity contribution in [1.29, 1.82) is 0 Å². The van der Waals surface area contributed by atoms with Crippen LogP contribution in [0.4, 0.5) is 11.4 Å². The fraction of sp³-hybridized carbons (Fsp3) is 0. The molecule has 0 saturated heterocycles. The maximum absolute atomic E-state index is 12.7. The van der Waals surface area contributed by atoms with E-state index in [-0.39, 0.29) is 5.56 Å². The first-order valence-corrected chi connectivity index (χ1v) is 10.4. The molecular weight excluding hydrogens is 458 g/mol. The van der Waals surface area contributed by atoms with Crippen molar-refractivity contribution >= 4 is 47.2 Å². The van der Waals surface area contributed by atoms with Crippen molar-refractivity contribution < 1.29 is 18.4 Å². The fourth-order valence-electron chi connectivity index (χ4n) is 2.91. The van der Waals surface area contributed by atoms with Crippen LogP contribution in [0.1, 0.15) is 32.2 Å². The minimum absolute atomic E-state index is 0.270. The van der Waals surface area contributed by atoms with Gasteiger partial charge in [0.05, 0.1) is 47.5 Å². The molecule has 170 valence electrons. The van der Waals surface area contributed by atoms with E-state index in [0.29, 0.717) is 33.5 Å². The Balaban J connectivity index is 1.51. The highest BCUT2D eigenvalue weighted by molar-refractivity contribution is 6.31. The number of nitrogens with zero attached hydrogens (tertiary/aromatic N) is 2. The standard InChI is InChI=1S/C24H18ClN5O4/c25-16-9-10-20(24(32)30-27-15-18-6-4-12-34-18)22(13-16)28-21-8-2-1-7-19(21)23(31)29-26-14-17-5-3-11-33-17/h1-15,28H,(H,29,31)(H,30,32)/b26-14+,27-15+. The quantitative estimate of drug-likeness (QED) is 0.250. The molecule has 0 fully saturated rings. The molecule has 2 aromatic heterocycles. The summed E-state index contributed by atoms with van der Waals surface area (Å²) in [5.74, 6) is 0.0503. The number of carbonyl (C=O) groups excluding carboxylic acids is 2. The van der Waals surface area contributed by atoms with Crippen LogP contribution in [0.25, 0.3) is 0 Å². The second kappa shape index (κ2) is 10.8. The first-order chi connectivity index (χ1) is 16.6. The molecule has 0 bridgehead atoms. The van der Waals surface area contributed by atoms with E-state index in [9.17, 15) is 9.59 Å². The number of rotatable bonds is 8. The summed E-state index contributed by atoms with van der Waals surface area (Å²) in [5.41, 5.74) is 6.30. The summed E-state index contributed by atoms with van der Waals surface area (Å²) in [7, 11) is 0. The minimum atomic E-state index is -0.480. The van der Waals surface area contributed by atoms with E-state index < -0.39 is 11.8 Å². The van der Waals surface area contributed by atoms with Crippen molar-refractivity contribution in [1.82, 2.24) is 10.9 Å². The zero-order valence-electron chi connectivity index (χ0n) is 17.6. The predicted molar refractivity (Wildman–Crippen MR) is 129 cm³/mol. The Labute approximate surface area is 199 Å². The molecule has 3 N–H and O–H groups in total. The fourth-order valence-corrected chi connectivity index (χ4v) is 3.08. The summed E-state index contributed by atoms with van der Waals surface area (Å²) in [4.78, 5) is 25.4. The zero-order chi connectivity index (χ0) is 23.8. The van der Waals surface area contributed by atoms with Crippen LogP contribution in [0, 0.1) is 0 Å². The molecule has 0 aliphatic heterocycles. The lowest BCUT2D eigenvalue weighted by Gasteiger charge is -2.14. The zero-order valence-corrected chi connectivity index (χ0v) is 18.3. The third kappa shape index (κ3) is 5.78. The van der Waals surface area contributed by atoms with Crippen LogP contribution in [0.15, 0.2) is 98.3 Å². The molecule has 10 heteroatoms. The third-order valence-corrected chi connectivity index (χ3v) is 4.70. The van der Waals surface area contributed by atoms with Crippen molar-refractivity contribution in [3.63, 3.8) is 0 Å². The largest absolute Gasteiger partial charge is 0.463 e. The van der Waals surface area contributed by atoms with Crippen LogP contribution in [0.2, 0.25) is 5.02 Å². The first kappa shape index (κ1) is 22.6. The van der Waals surface area contributed by atoms with Crippen molar-refractivity contribution in [2.75, 3.05) is 5.32 Å². The first-order valence-electron chi connectivity index (χ1n) is 9.99. The Morgan fingerprint density at radius 1 is 0.735 bits per heavy atom. The molecule has 0 unspecified atom stereocenters. The lowest BCUT2D eigenvalue weighted by atomic mass is 10.1. The monoisotopic (exact) mass is 475 g/mol. The van der Waals surface area contributed by atoms with Crippen LogP contribution in [0.3, 0.4) is 0 Å². The smallest absolute Gasteiger partial charge is 0.273 e. The van der Waals surface area contributed by atoms with E-state index in [0.717, 1.165) is 0 Å². The Hall–Kier alpha value is -4.63. The maximum Gasteiger partial charge on any atom is 0.273 e. The molecule has 2 heterocycles. The van der Waals surface area contributed by atoms with E-state index in [2.05, 4.69) is 26.4 Å². The van der Waals surface area contributed by atoms with Crippen LogP contribution >= 0.6 is 11.6 Å². The Morgan fingerprint density at radius 3 is 1.91 bits per heavy atom. The number of carbonyl (C=O) groups is 2. The van der Waals surface area contributed by atoms with Gasteiger partial charge in [-0.1, -0.05) is 23.7 Å². The maximum atomic E-state index is 12.7. The van der Waals surface area contributed by atoms with E-state index in [1.54, 1.807) is 66.7 Å². The van der Waals surface area contributed by atoms with Gasteiger partial charge in [-0.25, -0.2) is 10.9 Å². The molecular formula is C24H18ClN5O4. The van der Waals surface area contributed by atoms with Crippen LogP contribution in [0.5, 0.6) is 0 Å². The van der Waals surface area contributed by atoms with Crippen molar-refractivity contribution in [2.24, 2.45) is 10.2 Å². The summed E-state index contributed by atoms with van der Waals surface area (Å²) >= 11 is 6.16. The number of anilines is 2. The summed E-state index contributed by atoms with van der Waals surface area (Å²) in [6, 6.07) is 18.3. The highest BCUT2D eigenvalue weighted by Gasteiger charge is 2.15. The molecule has 34 heavy (non-hydrogen) atoms. The van der Waals surface area contributed by atoms with Gasteiger partial charge in [-0.2, -0.15) is 10.2 Å². The lowest BCUT2D eigenvalue weighted by Crippen LogP contribution is -2.20. The third-order valence-electron chi connectivity index (χ3n) is 4.47. The summed E-state index contributed by atoms with van der Waals surface area (Å²) < 4.78 is 10.3. The molecule has 0 saturated carbocycles. The lowest BCUT2D eigenvalue weighted by molar-refractivity contribution is 0.0948. The van der Waals surface area contributed by atoms with Gasteiger partial charge in [0.1, 0.15) is 11.5 Å². The highest BCUT2D eigenvalue weighted by atomic mass is 35.5. The molecule has 0 atom stereocenters. The molecule has 4 rings (SSSR count). The number of amides is 2. The van der Waals surface area contributed by atoms with E-state index in [4.69, 9.17) is 20.4 Å². The molecule has 2 amide bonds. The molecule has 9 nitrogen and oxygen atoms in total. The van der Waals surface area contributed by atoms with Crippen molar-refractivity contribution in [3.05, 3.63) is 107 Å². The van der Waals surface area contributed by atoms with Gasteiger partial charge in [0.15, 0.2) is 0 Å². The topological polar surface area (TPSA) is 121 Å².